The Hall–Kier alpha value is 1.73. The van der Waals surface area contributed by atoms with E-state index < -0.39 is 0 Å². The van der Waals surface area contributed by atoms with E-state index in [1.165, 1.54) is 5.31 Å². The van der Waals surface area contributed by atoms with E-state index in [2.05, 4.69) is 11.7 Å². The summed E-state index contributed by atoms with van der Waals surface area (Å²) in [6.45, 7) is 1.89. The monoisotopic (exact) mass is 200 g/mol. The van der Waals surface area contributed by atoms with Crippen molar-refractivity contribution in [2.75, 3.05) is 20.1 Å². The van der Waals surface area contributed by atoms with Gasteiger partial charge in [0.05, 0.1) is 0 Å². The second kappa shape index (κ2) is 6.44. The molecule has 1 aliphatic heterocycles. The van der Waals surface area contributed by atoms with Crippen LogP contribution in [-0.4, -0.2) is 26.2 Å². The van der Waals surface area contributed by atoms with Crippen LogP contribution in [0.5, 0.6) is 0 Å². The van der Waals surface area contributed by atoms with E-state index in [-0.39, 0.29) is 58.2 Å². The Morgan fingerprint density at radius 1 is 2.00 bits per heavy atom. The zero-order valence-electron chi connectivity index (χ0n) is 7.22. The summed E-state index contributed by atoms with van der Waals surface area (Å²) in [6, 6.07) is 0.451. The first-order valence-corrected chi connectivity index (χ1v) is 3.06. The topological polar surface area (TPSA) is 24.1 Å². The van der Waals surface area contributed by atoms with Crippen LogP contribution in [0.25, 0.3) is 0 Å². The summed E-state index contributed by atoms with van der Waals surface area (Å²) in [5, 5.41) is 4.73. The van der Waals surface area contributed by atoms with Crippen LogP contribution in [0.1, 0.15) is 6.42 Å². The van der Waals surface area contributed by atoms with E-state index >= 15 is 0 Å². The van der Waals surface area contributed by atoms with E-state index in [0.29, 0.717) is 6.04 Å². The molecule has 0 aliphatic carbocycles. The first kappa shape index (κ1) is 8.82. The van der Waals surface area contributed by atoms with Gasteiger partial charge in [-0.3, -0.25) is 0 Å². The fourth-order valence-corrected chi connectivity index (χ4v) is 0.972. The number of hydrogen-bond acceptors (Lipinski definition) is 2. The van der Waals surface area contributed by atoms with Crippen molar-refractivity contribution in [2.45, 2.75) is 12.5 Å². The molecule has 0 amide bonds. The number of rotatable bonds is 2. The molecule has 0 aromatic rings. The van der Waals surface area contributed by atoms with Crippen LogP contribution in [0.2, 0.25) is 1.41 Å². The summed E-state index contributed by atoms with van der Waals surface area (Å²) in [7, 11) is 1.77. The first-order valence-electron chi connectivity index (χ1n) is 3.50. The van der Waals surface area contributed by atoms with Crippen molar-refractivity contribution in [1.29, 1.82) is 0 Å². The number of nitrogens with one attached hydrogen (secondary N) is 2. The molecule has 48 valence electrons. The van der Waals surface area contributed by atoms with Crippen molar-refractivity contribution in [3.63, 3.8) is 0 Å². The number of hydrogen-bond donors (Lipinski definition) is 2. The Morgan fingerprint density at radius 2 is 2.78 bits per heavy atom. The molecular weight excluding hydrogens is 186 g/mol. The molecule has 0 bridgehead atoms. The minimum absolute atomic E-state index is 0. The molecular formula is C6H13N2Rb. The fourth-order valence-electron chi connectivity index (χ4n) is 0.972. The Kier molecular flexibility index (Phi) is 6.31. The summed E-state index contributed by atoms with van der Waals surface area (Å²) >= 11 is 0. The van der Waals surface area contributed by atoms with Gasteiger partial charge in [-0.05, 0) is 20.1 Å². The Balaban J connectivity index is 0.000000810. The smallest absolute Gasteiger partial charge is 0.345 e. The van der Waals surface area contributed by atoms with Gasteiger partial charge < -0.3 is 17.0 Å². The van der Waals surface area contributed by atoms with Crippen LogP contribution >= 0.6 is 0 Å². The molecule has 1 unspecified atom stereocenters. The van der Waals surface area contributed by atoms with Gasteiger partial charge in [0.25, 0.3) is 0 Å². The van der Waals surface area contributed by atoms with Gasteiger partial charge in [-0.25, -0.2) is 0 Å². The first-order chi connectivity index (χ1) is 4.29. The predicted octanol–water partition coefficient (Wildman–Crippen LogP) is -3.22. The molecule has 1 fully saturated rings. The molecule has 1 rings (SSSR count). The van der Waals surface area contributed by atoms with Crippen LogP contribution in [0.3, 0.4) is 0 Å². The predicted molar refractivity (Wildman–Crippen MR) is 34.6 cm³/mol. The third kappa shape index (κ3) is 4.22. The Labute approximate surface area is 107 Å². The molecule has 1 saturated heterocycles. The summed E-state index contributed by atoms with van der Waals surface area (Å²) in [6.07, 6.45) is 3.38. The third-order valence-corrected chi connectivity index (χ3v) is 1.38. The van der Waals surface area contributed by atoms with E-state index in [1.54, 1.807) is 7.05 Å². The minimum atomic E-state index is 0. The maximum absolute atomic E-state index is 7.12. The fraction of sp³-hybridized carbons (Fsp3) is 0.833. The average Bonchev–Trinajstić information content (AvgIpc) is 2.15. The SMILES string of the molecule is [3H]N(C)CC1[CH-]CCN1.[Rb+]. The van der Waals surface area contributed by atoms with Crippen LogP contribution in [0.4, 0.5) is 0 Å². The summed E-state index contributed by atoms with van der Waals surface area (Å²) in [5.41, 5.74) is 0. The number of likely N-dealkylation sites (N-methyl/N-ethyl adjacent to an activating group) is 1. The van der Waals surface area contributed by atoms with Crippen LogP contribution < -0.4 is 68.8 Å². The quantitative estimate of drug-likeness (QED) is 0.459. The van der Waals surface area contributed by atoms with Gasteiger partial charge in [0.1, 0.15) is 1.41 Å². The van der Waals surface area contributed by atoms with E-state index in [0.717, 1.165) is 19.5 Å². The van der Waals surface area contributed by atoms with Gasteiger partial charge in [0.2, 0.25) is 0 Å². The average molecular weight is 201 g/mol. The van der Waals surface area contributed by atoms with Gasteiger partial charge in [-0.15, -0.1) is 6.04 Å². The maximum Gasteiger partial charge on any atom is 1.00 e. The third-order valence-electron chi connectivity index (χ3n) is 1.38. The summed E-state index contributed by atoms with van der Waals surface area (Å²) in [4.78, 5) is 0. The van der Waals surface area contributed by atoms with E-state index in [4.69, 9.17) is 1.41 Å². The van der Waals surface area contributed by atoms with E-state index in [9.17, 15) is 0 Å². The second-order valence-electron chi connectivity index (χ2n) is 2.08. The molecule has 9 heavy (non-hydrogen) atoms. The molecule has 3 heteroatoms. The molecule has 2 N–H and O–H groups in total. The summed E-state index contributed by atoms with van der Waals surface area (Å²) in [5.74, 6) is 0. The second-order valence-corrected chi connectivity index (χ2v) is 2.08. The molecule has 1 atom stereocenters. The maximum atomic E-state index is 7.12. The Bertz CT molecular complexity index is 83.8. The Morgan fingerprint density at radius 3 is 3.22 bits per heavy atom. The van der Waals surface area contributed by atoms with Gasteiger partial charge >= 0.3 is 58.2 Å². The normalized spacial score (nSPS) is 27.8. The molecule has 0 radical (unpaired) electrons. The zero-order chi connectivity index (χ0) is 6.69. The molecule has 0 aromatic heterocycles. The molecule has 0 spiro atoms. The van der Waals surface area contributed by atoms with E-state index in [1.807, 2.05) is 0 Å². The molecule has 0 aromatic carbocycles. The van der Waals surface area contributed by atoms with Crippen molar-refractivity contribution >= 4 is 0 Å². The van der Waals surface area contributed by atoms with Gasteiger partial charge in [-0.2, -0.15) is 6.42 Å². The van der Waals surface area contributed by atoms with Crippen molar-refractivity contribution in [3.05, 3.63) is 6.42 Å². The molecule has 1 heterocycles. The van der Waals surface area contributed by atoms with Gasteiger partial charge in [-0.1, -0.05) is 0 Å². The molecule has 1 aliphatic rings. The van der Waals surface area contributed by atoms with Crippen molar-refractivity contribution < 1.29 is 59.6 Å². The van der Waals surface area contributed by atoms with Crippen molar-refractivity contribution in [2.24, 2.45) is 0 Å². The largest absolute Gasteiger partial charge is 1.00 e. The van der Waals surface area contributed by atoms with Gasteiger partial charge in [0, 0.05) is 0 Å². The molecule has 2 nitrogen and oxygen atoms in total. The minimum Gasteiger partial charge on any atom is -0.345 e. The summed E-state index contributed by atoms with van der Waals surface area (Å²) < 4.78 is 7.12. The van der Waals surface area contributed by atoms with Crippen LogP contribution in [-0.2, 0) is 0 Å². The van der Waals surface area contributed by atoms with Crippen molar-refractivity contribution in [1.82, 2.24) is 10.6 Å². The zero-order valence-corrected chi connectivity index (χ0v) is 11.1. The van der Waals surface area contributed by atoms with Crippen LogP contribution in [0.15, 0.2) is 0 Å². The van der Waals surface area contributed by atoms with Gasteiger partial charge in [0.15, 0.2) is 0 Å². The van der Waals surface area contributed by atoms with Crippen LogP contribution in [0, 0.1) is 6.42 Å². The standard InChI is InChI=1S/C6H13N2.Rb/c1-7-5-6-3-2-4-8-6;/h3,6-8H,2,4-5H2,1H3;/q-1;+1/i/hT. The molecule has 0 saturated carbocycles. The van der Waals surface area contributed by atoms with Crippen molar-refractivity contribution in [3.8, 4) is 0 Å².